The molecule has 0 aromatic rings. The molecule has 0 aliphatic carbocycles. The van der Waals surface area contributed by atoms with Crippen molar-refractivity contribution in [3.63, 3.8) is 0 Å². The molecule has 1 fully saturated rings. The zero-order chi connectivity index (χ0) is 15.3. The second kappa shape index (κ2) is 12.0. The van der Waals surface area contributed by atoms with Gasteiger partial charge in [-0.2, -0.15) is 0 Å². The molecule has 1 rings (SSSR count). The Bertz CT molecular complexity index is 266. The van der Waals surface area contributed by atoms with Gasteiger partial charge in [0.2, 0.25) is 5.91 Å². The summed E-state index contributed by atoms with van der Waals surface area (Å²) in [6, 6.07) is 0. The molecule has 0 aromatic heterocycles. The molecule has 0 atom stereocenters. The maximum Gasteiger partial charge on any atom is 0.222 e. The highest BCUT2D eigenvalue weighted by molar-refractivity contribution is 5.76. The first kappa shape index (κ1) is 18.4. The van der Waals surface area contributed by atoms with E-state index < -0.39 is 0 Å². The second-order valence-corrected chi connectivity index (χ2v) is 5.60. The molecule has 1 aliphatic heterocycles. The molecule has 1 amide bonds. The zero-order valence-corrected chi connectivity index (χ0v) is 13.5. The lowest BCUT2D eigenvalue weighted by molar-refractivity contribution is -0.134. The highest BCUT2D eigenvalue weighted by Gasteiger charge is 2.22. The topological polar surface area (TPSA) is 64.8 Å². The summed E-state index contributed by atoms with van der Waals surface area (Å²) >= 11 is 0. The largest absolute Gasteiger partial charge is 0.379 e. The summed E-state index contributed by atoms with van der Waals surface area (Å²) in [5.74, 6) is 0.301. The number of carbonyl (C=O) groups is 1. The molecule has 0 unspecified atom stereocenters. The molecule has 124 valence electrons. The Morgan fingerprint density at radius 1 is 1.14 bits per heavy atom. The lowest BCUT2D eigenvalue weighted by atomic mass is 10.1. The van der Waals surface area contributed by atoms with Crippen LogP contribution in [-0.4, -0.2) is 56.4 Å². The molecule has 5 nitrogen and oxygen atoms in total. The van der Waals surface area contributed by atoms with Crippen LogP contribution in [0.3, 0.4) is 0 Å². The van der Waals surface area contributed by atoms with Crippen LogP contribution in [0.4, 0.5) is 0 Å². The van der Waals surface area contributed by atoms with E-state index in [2.05, 4.69) is 0 Å². The molecule has 0 saturated carbocycles. The van der Waals surface area contributed by atoms with E-state index in [-0.39, 0.29) is 0 Å². The average Bonchev–Trinajstić information content (AvgIpc) is 2.52. The molecule has 0 spiro atoms. The number of nitrogens with two attached hydrogens (primary N) is 1. The Hall–Kier alpha value is -0.650. The van der Waals surface area contributed by atoms with Crippen LogP contribution in [0, 0.1) is 0 Å². The Balaban J connectivity index is 2.04. The Kier molecular flexibility index (Phi) is 10.5. The van der Waals surface area contributed by atoms with Crippen LogP contribution in [0.5, 0.6) is 0 Å². The molecule has 0 aromatic carbocycles. The number of nitrogens with zero attached hydrogens (tertiary/aromatic N) is 1. The smallest absolute Gasteiger partial charge is 0.222 e. The summed E-state index contributed by atoms with van der Waals surface area (Å²) in [7, 11) is 0. The van der Waals surface area contributed by atoms with Crippen molar-refractivity contribution in [2.75, 3.05) is 39.5 Å². The van der Waals surface area contributed by atoms with Crippen molar-refractivity contribution >= 4 is 5.91 Å². The standard InChI is InChI=1S/C16H32N2O3/c1-2-20-13-14-21-15-8-11-18(12-9-15)16(19)7-5-3-4-6-10-17/h15H,2-14,17H2,1H3. The third-order valence-electron chi connectivity index (χ3n) is 3.92. The summed E-state index contributed by atoms with van der Waals surface area (Å²) in [6.45, 7) is 6.47. The van der Waals surface area contributed by atoms with Crippen molar-refractivity contribution in [2.45, 2.75) is 58.0 Å². The van der Waals surface area contributed by atoms with Gasteiger partial charge < -0.3 is 20.1 Å². The Labute approximate surface area is 129 Å². The predicted octanol–water partition coefficient (Wildman–Crippen LogP) is 1.94. The van der Waals surface area contributed by atoms with E-state index >= 15 is 0 Å². The first-order valence-electron chi connectivity index (χ1n) is 8.45. The highest BCUT2D eigenvalue weighted by Crippen LogP contribution is 2.15. The number of likely N-dealkylation sites (tertiary alicyclic amines) is 1. The molecular weight excluding hydrogens is 268 g/mol. The molecule has 5 heteroatoms. The van der Waals surface area contributed by atoms with Gasteiger partial charge in [-0.15, -0.1) is 0 Å². The molecule has 1 saturated heterocycles. The number of amides is 1. The number of ether oxygens (including phenoxy) is 2. The first-order chi connectivity index (χ1) is 10.3. The van der Waals surface area contributed by atoms with Gasteiger partial charge in [-0.05, 0) is 39.2 Å². The maximum absolute atomic E-state index is 12.1. The third-order valence-corrected chi connectivity index (χ3v) is 3.92. The minimum atomic E-state index is 0.291. The van der Waals surface area contributed by atoms with Gasteiger partial charge in [0.05, 0.1) is 19.3 Å². The van der Waals surface area contributed by atoms with Crippen molar-refractivity contribution < 1.29 is 14.3 Å². The fourth-order valence-corrected chi connectivity index (χ4v) is 2.62. The number of hydrogen-bond donors (Lipinski definition) is 1. The van der Waals surface area contributed by atoms with Crippen LogP contribution in [-0.2, 0) is 14.3 Å². The highest BCUT2D eigenvalue weighted by atomic mass is 16.5. The molecule has 2 N–H and O–H groups in total. The average molecular weight is 300 g/mol. The van der Waals surface area contributed by atoms with Crippen molar-refractivity contribution in [1.29, 1.82) is 0 Å². The van der Waals surface area contributed by atoms with E-state index in [4.69, 9.17) is 15.2 Å². The summed E-state index contributed by atoms with van der Waals surface area (Å²) < 4.78 is 11.0. The van der Waals surface area contributed by atoms with E-state index in [1.807, 2.05) is 11.8 Å². The SMILES string of the molecule is CCOCCOC1CCN(C(=O)CCCCCCN)CC1. The van der Waals surface area contributed by atoms with Crippen molar-refractivity contribution in [1.82, 2.24) is 4.90 Å². The Morgan fingerprint density at radius 2 is 1.86 bits per heavy atom. The van der Waals surface area contributed by atoms with Gasteiger partial charge in [-0.25, -0.2) is 0 Å². The van der Waals surface area contributed by atoms with Crippen LogP contribution in [0.1, 0.15) is 51.9 Å². The Morgan fingerprint density at radius 3 is 2.52 bits per heavy atom. The molecule has 0 bridgehead atoms. The first-order valence-corrected chi connectivity index (χ1v) is 8.45. The van der Waals surface area contributed by atoms with Crippen LogP contribution in [0.2, 0.25) is 0 Å². The van der Waals surface area contributed by atoms with Gasteiger partial charge in [-0.3, -0.25) is 4.79 Å². The maximum atomic E-state index is 12.1. The summed E-state index contributed by atoms with van der Waals surface area (Å²) in [4.78, 5) is 14.1. The predicted molar refractivity (Wildman–Crippen MR) is 84.2 cm³/mol. The van der Waals surface area contributed by atoms with Gasteiger partial charge in [0.25, 0.3) is 0 Å². The number of rotatable bonds is 11. The van der Waals surface area contributed by atoms with E-state index in [1.54, 1.807) is 0 Å². The van der Waals surface area contributed by atoms with Crippen LogP contribution in [0.25, 0.3) is 0 Å². The van der Waals surface area contributed by atoms with Gasteiger partial charge in [-0.1, -0.05) is 12.8 Å². The summed E-state index contributed by atoms with van der Waals surface area (Å²) in [6.07, 6.45) is 7.18. The number of hydrogen-bond acceptors (Lipinski definition) is 4. The van der Waals surface area contributed by atoms with Crippen LogP contribution in [0.15, 0.2) is 0 Å². The molecule has 21 heavy (non-hydrogen) atoms. The molecule has 0 radical (unpaired) electrons. The number of piperidine rings is 1. The lowest BCUT2D eigenvalue weighted by Crippen LogP contribution is -2.41. The number of unbranched alkanes of at least 4 members (excludes halogenated alkanes) is 3. The van der Waals surface area contributed by atoms with Crippen molar-refractivity contribution in [3.05, 3.63) is 0 Å². The minimum absolute atomic E-state index is 0.291. The molecule has 1 heterocycles. The van der Waals surface area contributed by atoms with E-state index in [9.17, 15) is 4.79 Å². The van der Waals surface area contributed by atoms with Crippen LogP contribution < -0.4 is 5.73 Å². The quantitative estimate of drug-likeness (QED) is 0.592. The second-order valence-electron chi connectivity index (χ2n) is 5.60. The third kappa shape index (κ3) is 8.39. The molecular formula is C16H32N2O3. The summed E-state index contributed by atoms with van der Waals surface area (Å²) in [5, 5.41) is 0. The molecule has 1 aliphatic rings. The van der Waals surface area contributed by atoms with Crippen LogP contribution >= 0.6 is 0 Å². The van der Waals surface area contributed by atoms with Gasteiger partial charge in [0.15, 0.2) is 0 Å². The number of carbonyl (C=O) groups excluding carboxylic acids is 1. The van der Waals surface area contributed by atoms with E-state index in [1.165, 1.54) is 0 Å². The van der Waals surface area contributed by atoms with Gasteiger partial charge >= 0.3 is 0 Å². The normalized spacial score (nSPS) is 16.4. The van der Waals surface area contributed by atoms with E-state index in [0.29, 0.717) is 31.6 Å². The minimum Gasteiger partial charge on any atom is -0.379 e. The summed E-state index contributed by atoms with van der Waals surface area (Å²) in [5.41, 5.74) is 5.46. The van der Waals surface area contributed by atoms with Gasteiger partial charge in [0.1, 0.15) is 0 Å². The lowest BCUT2D eigenvalue weighted by Gasteiger charge is -2.32. The zero-order valence-electron chi connectivity index (χ0n) is 13.5. The van der Waals surface area contributed by atoms with Crippen molar-refractivity contribution in [3.8, 4) is 0 Å². The fourth-order valence-electron chi connectivity index (χ4n) is 2.62. The fraction of sp³-hybridized carbons (Fsp3) is 0.938. The van der Waals surface area contributed by atoms with E-state index in [0.717, 1.165) is 64.8 Å². The van der Waals surface area contributed by atoms with Crippen molar-refractivity contribution in [2.24, 2.45) is 5.73 Å². The monoisotopic (exact) mass is 300 g/mol. The van der Waals surface area contributed by atoms with Gasteiger partial charge in [0, 0.05) is 26.1 Å².